The molecule has 3 heterocycles. The fraction of sp³-hybridized carbons (Fsp3) is 0.400. The summed E-state index contributed by atoms with van der Waals surface area (Å²) in [7, 11) is -1.50. The molecule has 1 aliphatic heterocycles. The molecule has 30 heavy (non-hydrogen) atoms. The summed E-state index contributed by atoms with van der Waals surface area (Å²) in [4.78, 5) is 12.6. The predicted molar refractivity (Wildman–Crippen MR) is 102 cm³/mol. The number of hydrogen-bond acceptors (Lipinski definition) is 6. The summed E-state index contributed by atoms with van der Waals surface area (Å²) in [6.07, 6.45) is 3.56. The van der Waals surface area contributed by atoms with E-state index in [1.54, 1.807) is 18.3 Å². The van der Waals surface area contributed by atoms with Gasteiger partial charge >= 0.3 is 29.6 Å². The Morgan fingerprint density at radius 3 is 2.80 bits per heavy atom. The minimum Gasteiger partial charge on any atom is -0.488 e. The maximum absolute atomic E-state index is 13.3. The Labute approximate surface area is 197 Å². The van der Waals surface area contributed by atoms with Gasteiger partial charge in [-0.15, -0.1) is 0 Å². The van der Waals surface area contributed by atoms with E-state index < -0.39 is 16.6 Å². The molecule has 10 heteroatoms. The number of fused-ring (bicyclic) bond motifs is 1. The van der Waals surface area contributed by atoms with E-state index in [9.17, 15) is 8.60 Å². The second kappa shape index (κ2) is 9.02. The average Bonchev–Trinajstić information content (AvgIpc) is 3.34. The number of pyridine rings is 1. The van der Waals surface area contributed by atoms with Crippen LogP contribution in [0.3, 0.4) is 0 Å². The van der Waals surface area contributed by atoms with Crippen LogP contribution in [0, 0.1) is 11.2 Å². The van der Waals surface area contributed by atoms with Gasteiger partial charge in [-0.25, -0.2) is 4.39 Å². The smallest absolute Gasteiger partial charge is 0.488 e. The van der Waals surface area contributed by atoms with Crippen LogP contribution in [0.2, 0.25) is 0 Å². The first-order valence-corrected chi connectivity index (χ1v) is 10.7. The quantitative estimate of drug-likeness (QED) is 0.482. The van der Waals surface area contributed by atoms with Gasteiger partial charge in [-0.3, -0.25) is 9.19 Å². The SMILES string of the molecule is O=S(Cc1cc(OCC2OCC3(CC3)CO2)ccn1)c1nc2cc(F)ccc2[n-]1.[Na+]. The molecule has 1 saturated heterocycles. The van der Waals surface area contributed by atoms with E-state index >= 15 is 0 Å². The summed E-state index contributed by atoms with van der Waals surface area (Å²) in [6.45, 7) is 1.73. The number of halogens is 1. The molecule has 7 nitrogen and oxygen atoms in total. The molecule has 0 bridgehead atoms. The zero-order chi connectivity index (χ0) is 19.8. The van der Waals surface area contributed by atoms with Gasteiger partial charge in [0.15, 0.2) is 6.29 Å². The van der Waals surface area contributed by atoms with Crippen LogP contribution < -0.4 is 39.3 Å². The van der Waals surface area contributed by atoms with E-state index in [2.05, 4.69) is 15.0 Å². The number of benzene rings is 1. The summed E-state index contributed by atoms with van der Waals surface area (Å²) in [5.41, 5.74) is 1.74. The zero-order valence-electron chi connectivity index (χ0n) is 16.5. The Hall–Kier alpha value is -1.36. The number of nitrogens with zero attached hydrogens (tertiary/aromatic N) is 3. The third kappa shape index (κ3) is 4.92. The molecule has 152 valence electrons. The van der Waals surface area contributed by atoms with Crippen molar-refractivity contribution in [2.75, 3.05) is 19.8 Å². The van der Waals surface area contributed by atoms with Crippen molar-refractivity contribution in [3.05, 3.63) is 48.0 Å². The number of hydrogen-bond donors (Lipinski definition) is 0. The third-order valence-corrected chi connectivity index (χ3v) is 6.28. The van der Waals surface area contributed by atoms with Gasteiger partial charge in [-0.05, 0) is 42.1 Å². The second-order valence-corrected chi connectivity index (χ2v) is 8.82. The molecule has 1 aromatic carbocycles. The fourth-order valence-corrected chi connectivity index (χ4v) is 4.15. The van der Waals surface area contributed by atoms with E-state index in [4.69, 9.17) is 14.2 Å². The first kappa shape index (κ1) is 21.9. The monoisotopic (exact) mass is 439 g/mol. The molecule has 1 aliphatic carbocycles. The minimum absolute atomic E-state index is 0. The van der Waals surface area contributed by atoms with Gasteiger partial charge in [-0.2, -0.15) is 0 Å². The van der Waals surface area contributed by atoms with E-state index in [1.807, 2.05) is 0 Å². The normalized spacial score (nSPS) is 18.8. The molecule has 1 atom stereocenters. The van der Waals surface area contributed by atoms with Crippen molar-refractivity contribution in [1.29, 1.82) is 0 Å². The maximum Gasteiger partial charge on any atom is 1.00 e. The number of ether oxygens (including phenoxy) is 3. The molecule has 2 aliphatic rings. The van der Waals surface area contributed by atoms with Crippen LogP contribution in [0.4, 0.5) is 4.39 Å². The molecule has 0 amide bonds. The Morgan fingerprint density at radius 2 is 2.03 bits per heavy atom. The number of aromatic nitrogens is 3. The predicted octanol–water partition coefficient (Wildman–Crippen LogP) is -0.430. The van der Waals surface area contributed by atoms with Gasteiger partial charge < -0.3 is 24.2 Å². The Morgan fingerprint density at radius 1 is 1.23 bits per heavy atom. The van der Waals surface area contributed by atoms with E-state index in [-0.39, 0.29) is 58.8 Å². The van der Waals surface area contributed by atoms with Crippen LogP contribution in [-0.2, 0) is 26.0 Å². The van der Waals surface area contributed by atoms with E-state index in [0.717, 1.165) is 13.2 Å². The van der Waals surface area contributed by atoms with Crippen LogP contribution in [0.1, 0.15) is 18.5 Å². The Kier molecular flexibility index (Phi) is 6.57. The number of imidazole rings is 1. The largest absolute Gasteiger partial charge is 1.00 e. The summed E-state index contributed by atoms with van der Waals surface area (Å²) in [5, 5.41) is 0.164. The van der Waals surface area contributed by atoms with Gasteiger partial charge in [0.1, 0.15) is 18.2 Å². The number of rotatable bonds is 6. The fourth-order valence-electron chi connectivity index (χ4n) is 3.19. The van der Waals surface area contributed by atoms with E-state index in [0.29, 0.717) is 22.5 Å². The van der Waals surface area contributed by atoms with Gasteiger partial charge in [0, 0.05) is 22.8 Å². The van der Waals surface area contributed by atoms with Crippen molar-refractivity contribution < 1.29 is 52.4 Å². The van der Waals surface area contributed by atoms with Crippen molar-refractivity contribution in [1.82, 2.24) is 15.0 Å². The summed E-state index contributed by atoms with van der Waals surface area (Å²) in [5.74, 6) is 0.329. The first-order chi connectivity index (χ1) is 14.1. The molecule has 1 saturated carbocycles. The van der Waals surface area contributed by atoms with Gasteiger partial charge in [0.05, 0.1) is 35.5 Å². The Bertz CT molecular complexity index is 1070. The van der Waals surface area contributed by atoms with Gasteiger partial charge in [-0.1, -0.05) is 6.07 Å². The molecule has 2 fully saturated rings. The van der Waals surface area contributed by atoms with Gasteiger partial charge in [0.25, 0.3) is 0 Å². The van der Waals surface area contributed by atoms with Crippen LogP contribution >= 0.6 is 0 Å². The topological polar surface area (TPSA) is 84.6 Å². The molecule has 1 unspecified atom stereocenters. The average molecular weight is 439 g/mol. The van der Waals surface area contributed by atoms with Crippen LogP contribution in [-0.4, -0.2) is 40.3 Å². The summed E-state index contributed by atoms with van der Waals surface area (Å²) in [6, 6.07) is 7.55. The van der Waals surface area contributed by atoms with Crippen LogP contribution in [0.25, 0.3) is 11.0 Å². The van der Waals surface area contributed by atoms with Crippen molar-refractivity contribution in [2.24, 2.45) is 5.41 Å². The molecule has 1 spiro atoms. The van der Waals surface area contributed by atoms with E-state index in [1.165, 1.54) is 31.0 Å². The molecular weight excluding hydrogens is 420 g/mol. The minimum atomic E-state index is -1.50. The Balaban J connectivity index is 0.00000218. The van der Waals surface area contributed by atoms with Crippen molar-refractivity contribution in [3.8, 4) is 5.75 Å². The van der Waals surface area contributed by atoms with Crippen LogP contribution in [0.15, 0.2) is 41.7 Å². The van der Waals surface area contributed by atoms with Gasteiger partial charge in [0.2, 0.25) is 0 Å². The van der Waals surface area contributed by atoms with Crippen molar-refractivity contribution >= 4 is 21.8 Å². The third-order valence-electron chi connectivity index (χ3n) is 5.13. The molecule has 0 radical (unpaired) electrons. The molecule has 0 N–H and O–H groups in total. The maximum atomic E-state index is 13.3. The summed E-state index contributed by atoms with van der Waals surface area (Å²) >= 11 is 0. The zero-order valence-corrected chi connectivity index (χ0v) is 19.4. The first-order valence-electron chi connectivity index (χ1n) is 9.38. The molecule has 3 aromatic rings. The molecular formula is C20H19FN3NaO4S. The summed E-state index contributed by atoms with van der Waals surface area (Å²) < 4.78 is 43.1. The van der Waals surface area contributed by atoms with Crippen molar-refractivity contribution in [3.63, 3.8) is 0 Å². The second-order valence-electron chi connectivity index (χ2n) is 7.47. The van der Waals surface area contributed by atoms with Crippen LogP contribution in [0.5, 0.6) is 5.75 Å². The van der Waals surface area contributed by atoms with Crippen molar-refractivity contribution in [2.45, 2.75) is 30.0 Å². The standard InChI is InChI=1S/C20H19FN3O4S.Na/c21-13-1-2-16-17(7-13)24-19(23-16)29(25)10-14-8-15(3-6-22-14)26-9-18-27-11-20(4-5-20)12-28-18;/h1-3,6-8,18H,4-5,9-12H2;/q-1;+1. The molecule has 2 aromatic heterocycles. The molecule has 5 rings (SSSR count).